The molecular weight excluding hydrogens is 665 g/mol. The lowest BCUT2D eigenvalue weighted by Gasteiger charge is -2.28. The first kappa shape index (κ1) is 31.6. The van der Waals surface area contributed by atoms with Crippen LogP contribution in [0.4, 0.5) is 17.1 Å². The van der Waals surface area contributed by atoms with Gasteiger partial charge in [-0.15, -0.1) is 0 Å². The molecule has 55 heavy (non-hydrogen) atoms. The monoisotopic (exact) mass is 702 g/mol. The maximum Gasteiger partial charge on any atom is 0.0547 e. The summed E-state index contributed by atoms with van der Waals surface area (Å²) in [6, 6.07) is 71.4. The molecule has 0 N–H and O–H groups in total. The normalized spacial score (nSPS) is 13.1. The van der Waals surface area contributed by atoms with Crippen molar-refractivity contribution in [2.45, 2.75) is 19.3 Å². The summed E-state index contributed by atoms with van der Waals surface area (Å²) in [5.41, 5.74) is 14.6. The second-order valence-corrected chi connectivity index (χ2v) is 15.4. The number of para-hydroxylation sites is 2. The highest BCUT2D eigenvalue weighted by Gasteiger charge is 2.37. The number of hydrogen-bond donors (Lipinski definition) is 0. The molecule has 0 aliphatic heterocycles. The van der Waals surface area contributed by atoms with Gasteiger partial charge in [0.1, 0.15) is 0 Å². The van der Waals surface area contributed by atoms with E-state index in [9.17, 15) is 0 Å². The minimum Gasteiger partial charge on any atom is -0.310 e. The molecule has 10 aromatic rings. The first-order valence-electron chi connectivity index (χ1n) is 19.2. The predicted molar refractivity (Wildman–Crippen MR) is 233 cm³/mol. The van der Waals surface area contributed by atoms with Gasteiger partial charge in [-0.05, 0) is 122 Å². The first-order valence-corrected chi connectivity index (χ1v) is 19.2. The molecule has 0 radical (unpaired) electrons. The molecule has 2 nitrogen and oxygen atoms in total. The van der Waals surface area contributed by atoms with Gasteiger partial charge in [-0.1, -0.05) is 141 Å². The van der Waals surface area contributed by atoms with Crippen molar-refractivity contribution in [1.82, 2.24) is 4.57 Å². The van der Waals surface area contributed by atoms with E-state index in [1.54, 1.807) is 0 Å². The summed E-state index contributed by atoms with van der Waals surface area (Å²) in [6.07, 6.45) is 0. The van der Waals surface area contributed by atoms with Crippen LogP contribution in [0.1, 0.15) is 25.0 Å². The Morgan fingerprint density at radius 2 is 0.964 bits per heavy atom. The molecule has 9 aromatic carbocycles. The molecule has 1 aliphatic rings. The lowest BCUT2D eigenvalue weighted by atomic mass is 9.82. The number of hydrogen-bond acceptors (Lipinski definition) is 1. The highest BCUT2D eigenvalue weighted by molar-refractivity contribution is 6.12. The van der Waals surface area contributed by atoms with Gasteiger partial charge in [-0.25, -0.2) is 0 Å². The molecule has 0 fully saturated rings. The summed E-state index contributed by atoms with van der Waals surface area (Å²) in [7, 11) is 0. The summed E-state index contributed by atoms with van der Waals surface area (Å²) in [5.74, 6) is 0. The van der Waals surface area contributed by atoms with E-state index in [0.29, 0.717) is 0 Å². The molecule has 2 heteroatoms. The van der Waals surface area contributed by atoms with E-state index < -0.39 is 0 Å². The van der Waals surface area contributed by atoms with E-state index in [0.717, 1.165) is 17.1 Å². The van der Waals surface area contributed by atoms with Crippen LogP contribution < -0.4 is 4.90 Å². The largest absolute Gasteiger partial charge is 0.310 e. The molecular formula is C53H38N2. The molecule has 1 aromatic heterocycles. The highest BCUT2D eigenvalue weighted by atomic mass is 15.1. The second kappa shape index (κ2) is 12.1. The summed E-state index contributed by atoms with van der Waals surface area (Å²) in [5, 5.41) is 7.60. The lowest BCUT2D eigenvalue weighted by Crippen LogP contribution is -2.16. The van der Waals surface area contributed by atoms with Crippen molar-refractivity contribution in [3.8, 4) is 27.9 Å². The molecule has 0 spiro atoms. The third-order valence-corrected chi connectivity index (χ3v) is 11.9. The van der Waals surface area contributed by atoms with Gasteiger partial charge in [0.15, 0.2) is 0 Å². The number of nitrogens with zero attached hydrogens (tertiary/aromatic N) is 2. The molecule has 1 heterocycles. The Kier molecular flexibility index (Phi) is 6.93. The standard InChI is InChI=1S/C53H38N2/c1-53(2)49-32-42(29-30-44(49)47-34-52-48(33-50(47)53)45-19-11-12-20-51(45)55(52)39-16-7-4-8-17-39)54(40-26-23-36(24-27-40)35-13-5-3-6-14-35)41-28-25-38-22-21-37-15-9-10-18-43(37)46(38)31-41/h3-34H,1-2H3. The van der Waals surface area contributed by atoms with Crippen molar-refractivity contribution in [1.29, 1.82) is 0 Å². The SMILES string of the molecule is CC1(C)c2cc(N(c3ccc(-c4ccccc4)cc3)c3ccc4ccc5ccccc5c4c3)ccc2-c2cc3c(cc21)c1ccccc1n3-c1ccccc1. The minimum atomic E-state index is -0.201. The van der Waals surface area contributed by atoms with E-state index in [1.807, 2.05) is 0 Å². The third kappa shape index (κ3) is 4.88. The highest BCUT2D eigenvalue weighted by Crippen LogP contribution is 2.53. The third-order valence-electron chi connectivity index (χ3n) is 11.9. The van der Waals surface area contributed by atoms with E-state index in [4.69, 9.17) is 0 Å². The van der Waals surface area contributed by atoms with Crippen molar-refractivity contribution in [2.75, 3.05) is 4.90 Å². The average Bonchev–Trinajstić information content (AvgIpc) is 3.68. The molecule has 0 atom stereocenters. The van der Waals surface area contributed by atoms with Crippen LogP contribution in [0, 0.1) is 0 Å². The van der Waals surface area contributed by atoms with E-state index >= 15 is 0 Å². The molecule has 0 saturated carbocycles. The number of anilines is 3. The van der Waals surface area contributed by atoms with Crippen LogP contribution in [0.2, 0.25) is 0 Å². The summed E-state index contributed by atoms with van der Waals surface area (Å²) in [4.78, 5) is 2.43. The van der Waals surface area contributed by atoms with Gasteiger partial charge in [0.2, 0.25) is 0 Å². The second-order valence-electron chi connectivity index (χ2n) is 15.4. The van der Waals surface area contributed by atoms with Crippen LogP contribution in [-0.2, 0) is 5.41 Å². The smallest absolute Gasteiger partial charge is 0.0547 e. The van der Waals surface area contributed by atoms with Crippen LogP contribution in [0.3, 0.4) is 0 Å². The van der Waals surface area contributed by atoms with Crippen LogP contribution >= 0.6 is 0 Å². The average molecular weight is 703 g/mol. The fourth-order valence-electron chi connectivity index (χ4n) is 9.19. The van der Waals surface area contributed by atoms with Crippen molar-refractivity contribution in [3.63, 3.8) is 0 Å². The zero-order chi connectivity index (χ0) is 36.7. The molecule has 260 valence electrons. The molecule has 1 aliphatic carbocycles. The van der Waals surface area contributed by atoms with Crippen LogP contribution in [-0.4, -0.2) is 4.57 Å². The zero-order valence-electron chi connectivity index (χ0n) is 30.9. The first-order chi connectivity index (χ1) is 27.0. The lowest BCUT2D eigenvalue weighted by molar-refractivity contribution is 0.661. The molecule has 0 saturated heterocycles. The number of rotatable bonds is 5. The Morgan fingerprint density at radius 1 is 0.382 bits per heavy atom. The van der Waals surface area contributed by atoms with Crippen molar-refractivity contribution >= 4 is 60.4 Å². The van der Waals surface area contributed by atoms with E-state index in [1.165, 1.54) is 82.4 Å². The van der Waals surface area contributed by atoms with Gasteiger partial charge in [-0.3, -0.25) is 0 Å². The Balaban J connectivity index is 1.10. The Labute approximate surface area is 321 Å². The molecule has 0 amide bonds. The van der Waals surface area contributed by atoms with Gasteiger partial charge >= 0.3 is 0 Å². The van der Waals surface area contributed by atoms with Gasteiger partial charge in [0.25, 0.3) is 0 Å². The minimum absolute atomic E-state index is 0.201. The summed E-state index contributed by atoms with van der Waals surface area (Å²) in [6.45, 7) is 4.79. The molecule has 11 rings (SSSR count). The summed E-state index contributed by atoms with van der Waals surface area (Å²) >= 11 is 0. The summed E-state index contributed by atoms with van der Waals surface area (Å²) < 4.78 is 2.43. The molecule has 0 unspecified atom stereocenters. The molecule has 0 bridgehead atoms. The van der Waals surface area contributed by atoms with E-state index in [-0.39, 0.29) is 5.41 Å². The van der Waals surface area contributed by atoms with Crippen molar-refractivity contribution in [3.05, 3.63) is 205 Å². The van der Waals surface area contributed by atoms with Gasteiger partial charge in [-0.2, -0.15) is 0 Å². The zero-order valence-corrected chi connectivity index (χ0v) is 30.9. The number of benzene rings is 9. The number of fused-ring (bicyclic) bond motifs is 9. The topological polar surface area (TPSA) is 8.17 Å². The van der Waals surface area contributed by atoms with Gasteiger partial charge in [0, 0.05) is 38.9 Å². The van der Waals surface area contributed by atoms with E-state index in [2.05, 4.69) is 217 Å². The van der Waals surface area contributed by atoms with Crippen LogP contribution in [0.15, 0.2) is 194 Å². The Morgan fingerprint density at radius 3 is 1.76 bits per heavy atom. The van der Waals surface area contributed by atoms with Crippen molar-refractivity contribution in [2.24, 2.45) is 0 Å². The van der Waals surface area contributed by atoms with Gasteiger partial charge in [0.05, 0.1) is 11.0 Å². The fourth-order valence-corrected chi connectivity index (χ4v) is 9.19. The van der Waals surface area contributed by atoms with Crippen LogP contribution in [0.5, 0.6) is 0 Å². The quantitative estimate of drug-likeness (QED) is 0.162. The maximum absolute atomic E-state index is 2.47. The van der Waals surface area contributed by atoms with Crippen LogP contribution in [0.25, 0.3) is 71.3 Å². The maximum atomic E-state index is 2.47. The fraction of sp³-hybridized carbons (Fsp3) is 0.0566. The Bertz CT molecular complexity index is 3100. The van der Waals surface area contributed by atoms with Gasteiger partial charge < -0.3 is 9.47 Å². The van der Waals surface area contributed by atoms with Crippen molar-refractivity contribution < 1.29 is 0 Å². The Hall–Kier alpha value is -6.90. The predicted octanol–water partition coefficient (Wildman–Crippen LogP) is 14.5. The number of aromatic nitrogens is 1.